The van der Waals surface area contributed by atoms with Crippen molar-refractivity contribution in [1.82, 2.24) is 15.2 Å². The van der Waals surface area contributed by atoms with Gasteiger partial charge in [0.1, 0.15) is 0 Å². The average Bonchev–Trinajstić information content (AvgIpc) is 2.10. The van der Waals surface area contributed by atoms with E-state index in [1.807, 2.05) is 0 Å². The minimum Gasteiger partial charge on any atom is -0.366 e. The molecule has 0 aliphatic carbocycles. The lowest BCUT2D eigenvalue weighted by Crippen LogP contribution is -2.12. The van der Waals surface area contributed by atoms with E-state index in [0.717, 1.165) is 0 Å². The van der Waals surface area contributed by atoms with Crippen LogP contribution in [0.1, 0.15) is 0 Å². The van der Waals surface area contributed by atoms with Gasteiger partial charge in [-0.3, -0.25) is 4.21 Å². The summed E-state index contributed by atoms with van der Waals surface area (Å²) in [5.74, 6) is 0.870. The first-order chi connectivity index (χ1) is 6.59. The Morgan fingerprint density at radius 3 is 2.79 bits per heavy atom. The molecule has 1 atom stereocenters. The minimum atomic E-state index is -0.854. The van der Waals surface area contributed by atoms with Gasteiger partial charge in [0.05, 0.1) is 0 Å². The second kappa shape index (κ2) is 5.43. The second-order valence-electron chi connectivity index (χ2n) is 2.42. The van der Waals surface area contributed by atoms with Crippen molar-refractivity contribution in [3.8, 4) is 0 Å². The highest BCUT2D eigenvalue weighted by Gasteiger charge is 2.04. The van der Waals surface area contributed by atoms with Crippen LogP contribution in [0.25, 0.3) is 0 Å². The molecule has 0 fully saturated rings. The third-order valence-corrected chi connectivity index (χ3v) is 2.50. The van der Waals surface area contributed by atoms with Crippen LogP contribution >= 0.6 is 23.2 Å². The van der Waals surface area contributed by atoms with E-state index in [-0.39, 0.29) is 10.4 Å². The standard InChI is InChI=1S/C6H8Cl2N4OS/c1-14(13)3-2-9-5-4(7)11-12-6(8)10-5/h2-3H2,1H3,(H,9,10,12). The quantitative estimate of drug-likeness (QED) is 0.868. The van der Waals surface area contributed by atoms with Gasteiger partial charge in [0.2, 0.25) is 5.28 Å². The molecule has 0 spiro atoms. The Bertz CT molecular complexity index is 349. The molecule has 0 aliphatic rings. The van der Waals surface area contributed by atoms with Crippen LogP contribution in [0.3, 0.4) is 0 Å². The predicted molar refractivity (Wildman–Crippen MR) is 57.3 cm³/mol. The molecule has 0 aliphatic heterocycles. The van der Waals surface area contributed by atoms with Crippen molar-refractivity contribution in [1.29, 1.82) is 0 Å². The van der Waals surface area contributed by atoms with E-state index in [1.165, 1.54) is 0 Å². The summed E-state index contributed by atoms with van der Waals surface area (Å²) in [4.78, 5) is 3.82. The number of aromatic nitrogens is 3. The summed E-state index contributed by atoms with van der Waals surface area (Å²) in [5.41, 5.74) is 0. The van der Waals surface area contributed by atoms with E-state index in [0.29, 0.717) is 18.1 Å². The number of hydrogen-bond donors (Lipinski definition) is 1. The van der Waals surface area contributed by atoms with Gasteiger partial charge in [0.25, 0.3) is 0 Å². The summed E-state index contributed by atoms with van der Waals surface area (Å²) in [5, 5.41) is 10.0. The van der Waals surface area contributed by atoms with Gasteiger partial charge in [0.15, 0.2) is 11.0 Å². The molecule has 5 nitrogen and oxygen atoms in total. The van der Waals surface area contributed by atoms with Crippen molar-refractivity contribution in [2.24, 2.45) is 0 Å². The Morgan fingerprint density at radius 1 is 1.43 bits per heavy atom. The number of anilines is 1. The molecule has 14 heavy (non-hydrogen) atoms. The largest absolute Gasteiger partial charge is 0.366 e. The van der Waals surface area contributed by atoms with Crippen LogP contribution in [-0.2, 0) is 10.8 Å². The summed E-state index contributed by atoms with van der Waals surface area (Å²) in [6, 6.07) is 0. The van der Waals surface area contributed by atoms with Gasteiger partial charge in [-0.2, -0.15) is 4.98 Å². The molecule has 0 saturated carbocycles. The van der Waals surface area contributed by atoms with Crippen molar-refractivity contribution in [2.45, 2.75) is 0 Å². The van der Waals surface area contributed by atoms with Crippen LogP contribution in [0.2, 0.25) is 10.4 Å². The Balaban J connectivity index is 2.57. The lowest BCUT2D eigenvalue weighted by Gasteiger charge is -2.04. The molecule has 0 radical (unpaired) electrons. The first-order valence-corrected chi connectivity index (χ1v) is 6.17. The normalized spacial score (nSPS) is 12.5. The van der Waals surface area contributed by atoms with Gasteiger partial charge in [-0.1, -0.05) is 11.6 Å². The Kier molecular flexibility index (Phi) is 4.50. The van der Waals surface area contributed by atoms with Crippen LogP contribution in [0.5, 0.6) is 0 Å². The molecular weight excluding hydrogens is 247 g/mol. The van der Waals surface area contributed by atoms with E-state index in [1.54, 1.807) is 6.26 Å². The van der Waals surface area contributed by atoms with Gasteiger partial charge in [-0.25, -0.2) is 0 Å². The van der Waals surface area contributed by atoms with Gasteiger partial charge < -0.3 is 5.32 Å². The van der Waals surface area contributed by atoms with Gasteiger partial charge >= 0.3 is 0 Å². The fourth-order valence-corrected chi connectivity index (χ4v) is 1.38. The molecule has 0 bridgehead atoms. The number of halogens is 2. The molecule has 1 heterocycles. The lowest BCUT2D eigenvalue weighted by molar-refractivity contribution is 0.687. The third kappa shape index (κ3) is 3.73. The van der Waals surface area contributed by atoms with Gasteiger partial charge in [-0.05, 0) is 11.6 Å². The molecule has 1 aromatic rings. The van der Waals surface area contributed by atoms with Gasteiger partial charge in [0, 0.05) is 29.4 Å². The first kappa shape index (κ1) is 11.6. The molecule has 0 saturated heterocycles. The van der Waals surface area contributed by atoms with E-state index < -0.39 is 10.8 Å². The molecule has 78 valence electrons. The fourth-order valence-electron chi connectivity index (χ4n) is 0.719. The van der Waals surface area contributed by atoms with Crippen LogP contribution in [-0.4, -0.2) is 37.9 Å². The van der Waals surface area contributed by atoms with Crippen molar-refractivity contribution >= 4 is 39.8 Å². The summed E-state index contributed by atoms with van der Waals surface area (Å²) in [6.07, 6.45) is 1.62. The number of nitrogens with one attached hydrogen (secondary N) is 1. The van der Waals surface area contributed by atoms with E-state index in [4.69, 9.17) is 23.2 Å². The van der Waals surface area contributed by atoms with Crippen LogP contribution in [0.15, 0.2) is 0 Å². The molecule has 1 unspecified atom stereocenters. The van der Waals surface area contributed by atoms with Crippen molar-refractivity contribution in [3.05, 3.63) is 10.4 Å². The zero-order valence-electron chi connectivity index (χ0n) is 7.33. The molecule has 8 heteroatoms. The molecule has 1 N–H and O–H groups in total. The highest BCUT2D eigenvalue weighted by Crippen LogP contribution is 2.15. The first-order valence-electron chi connectivity index (χ1n) is 3.69. The number of nitrogens with zero attached hydrogens (tertiary/aromatic N) is 3. The Hall–Kier alpha value is -0.460. The predicted octanol–water partition coefficient (Wildman–Crippen LogP) is 0.969. The van der Waals surface area contributed by atoms with E-state index in [2.05, 4.69) is 20.5 Å². The maximum atomic E-state index is 10.7. The smallest absolute Gasteiger partial charge is 0.245 e. The van der Waals surface area contributed by atoms with Crippen molar-refractivity contribution in [3.63, 3.8) is 0 Å². The van der Waals surface area contributed by atoms with Gasteiger partial charge in [-0.15, -0.1) is 10.2 Å². The molecule has 0 aromatic carbocycles. The second-order valence-corrected chi connectivity index (χ2v) is 4.68. The zero-order chi connectivity index (χ0) is 10.6. The number of rotatable bonds is 4. The number of hydrogen-bond acceptors (Lipinski definition) is 5. The van der Waals surface area contributed by atoms with E-state index >= 15 is 0 Å². The summed E-state index contributed by atoms with van der Waals surface area (Å²) in [7, 11) is -0.854. The van der Waals surface area contributed by atoms with Crippen molar-refractivity contribution in [2.75, 3.05) is 23.9 Å². The molecule has 1 aromatic heterocycles. The SMILES string of the molecule is CS(=O)CCNc1nc(Cl)nnc1Cl. The third-order valence-electron chi connectivity index (χ3n) is 1.30. The van der Waals surface area contributed by atoms with Crippen LogP contribution in [0, 0.1) is 0 Å². The Labute approximate surface area is 93.7 Å². The minimum absolute atomic E-state index is 0.0227. The van der Waals surface area contributed by atoms with Crippen LogP contribution < -0.4 is 5.32 Å². The van der Waals surface area contributed by atoms with Crippen molar-refractivity contribution < 1.29 is 4.21 Å². The molecule has 1 rings (SSSR count). The fraction of sp³-hybridized carbons (Fsp3) is 0.500. The average molecular weight is 255 g/mol. The topological polar surface area (TPSA) is 67.8 Å². The lowest BCUT2D eigenvalue weighted by atomic mass is 10.6. The summed E-state index contributed by atoms with van der Waals surface area (Å²) in [6.45, 7) is 0.498. The highest BCUT2D eigenvalue weighted by molar-refractivity contribution is 7.84. The summed E-state index contributed by atoms with van der Waals surface area (Å²) >= 11 is 11.2. The zero-order valence-corrected chi connectivity index (χ0v) is 9.66. The monoisotopic (exact) mass is 254 g/mol. The highest BCUT2D eigenvalue weighted by atomic mass is 35.5. The Morgan fingerprint density at radius 2 is 2.14 bits per heavy atom. The van der Waals surface area contributed by atoms with E-state index in [9.17, 15) is 4.21 Å². The van der Waals surface area contributed by atoms with Crippen LogP contribution in [0.4, 0.5) is 5.82 Å². The molecular formula is C6H8Cl2N4OS. The summed E-state index contributed by atoms with van der Waals surface area (Å²) < 4.78 is 10.7. The maximum absolute atomic E-state index is 10.7. The maximum Gasteiger partial charge on any atom is 0.245 e. The molecule has 0 amide bonds.